The molecule has 128 valence electrons. The molecule has 0 saturated carbocycles. The maximum absolute atomic E-state index is 12.4. The molecule has 2 amide bonds. The van der Waals surface area contributed by atoms with Crippen LogP contribution in [-0.4, -0.2) is 28.4 Å². The maximum atomic E-state index is 12.4. The van der Waals surface area contributed by atoms with E-state index in [-0.39, 0.29) is 18.6 Å². The molecule has 0 bridgehead atoms. The van der Waals surface area contributed by atoms with Gasteiger partial charge in [-0.2, -0.15) is 5.10 Å². The summed E-state index contributed by atoms with van der Waals surface area (Å²) in [5.41, 5.74) is 2.93. The number of carbonyl (C=O) groups excluding carboxylic acids is 2. The number of benzene rings is 1. The fraction of sp³-hybridized carbons (Fsp3) is 0.353. The second kappa shape index (κ2) is 7.63. The molecule has 1 aromatic carbocycles. The Labute approximate surface area is 141 Å². The first kappa shape index (κ1) is 17.5. The third-order valence-corrected chi connectivity index (χ3v) is 3.73. The molecule has 1 heterocycles. The lowest BCUT2D eigenvalue weighted by atomic mass is 10.1. The predicted octanol–water partition coefficient (Wildman–Crippen LogP) is 2.79. The third-order valence-electron chi connectivity index (χ3n) is 3.73. The largest absolute Gasteiger partial charge is 0.450 e. The summed E-state index contributed by atoms with van der Waals surface area (Å²) < 4.78 is 6.59. The van der Waals surface area contributed by atoms with E-state index in [1.165, 1.54) is 0 Å². The van der Waals surface area contributed by atoms with Crippen molar-refractivity contribution < 1.29 is 14.3 Å². The minimum atomic E-state index is -0.547. The molecule has 0 radical (unpaired) electrons. The minimum absolute atomic E-state index is 0.173. The molecule has 1 atom stereocenters. The van der Waals surface area contributed by atoms with E-state index in [4.69, 9.17) is 4.74 Å². The van der Waals surface area contributed by atoms with Crippen molar-refractivity contribution in [3.05, 3.63) is 47.3 Å². The molecule has 1 aromatic heterocycles. The zero-order valence-corrected chi connectivity index (χ0v) is 14.3. The van der Waals surface area contributed by atoms with Gasteiger partial charge in [0.1, 0.15) is 0 Å². The van der Waals surface area contributed by atoms with E-state index in [1.54, 1.807) is 42.1 Å². The van der Waals surface area contributed by atoms with E-state index in [9.17, 15) is 9.59 Å². The third kappa shape index (κ3) is 4.13. The van der Waals surface area contributed by atoms with E-state index < -0.39 is 6.09 Å². The van der Waals surface area contributed by atoms with Gasteiger partial charge in [-0.15, -0.1) is 0 Å². The van der Waals surface area contributed by atoms with Crippen LogP contribution < -0.4 is 10.6 Å². The maximum Gasteiger partial charge on any atom is 0.411 e. The quantitative estimate of drug-likeness (QED) is 0.883. The standard InChI is InChI=1S/C17H22N4O3/c1-5-24-17(23)20-14-8-6-7-13(9-14)16(22)19-11(2)15-10-18-21(4)12(15)3/h6-11H,5H2,1-4H3,(H,19,22)(H,20,23)/t11-/m0/s1. The number of nitrogens with one attached hydrogen (secondary N) is 2. The Morgan fingerprint density at radius 3 is 2.75 bits per heavy atom. The number of hydrogen-bond acceptors (Lipinski definition) is 4. The van der Waals surface area contributed by atoms with Crippen molar-refractivity contribution in [3.63, 3.8) is 0 Å². The number of aromatic nitrogens is 2. The number of amides is 2. The van der Waals surface area contributed by atoms with Crippen molar-refractivity contribution in [2.45, 2.75) is 26.8 Å². The van der Waals surface area contributed by atoms with Crippen LogP contribution in [0.15, 0.2) is 30.5 Å². The van der Waals surface area contributed by atoms with Crippen LogP contribution in [0.4, 0.5) is 10.5 Å². The van der Waals surface area contributed by atoms with Gasteiger partial charge in [0, 0.05) is 29.6 Å². The molecule has 0 saturated heterocycles. The van der Waals surface area contributed by atoms with E-state index in [0.29, 0.717) is 11.3 Å². The molecule has 2 rings (SSSR count). The summed E-state index contributed by atoms with van der Waals surface area (Å²) in [4.78, 5) is 23.9. The number of nitrogens with zero attached hydrogens (tertiary/aromatic N) is 2. The molecule has 7 heteroatoms. The van der Waals surface area contributed by atoms with Crippen molar-refractivity contribution in [2.24, 2.45) is 7.05 Å². The SMILES string of the molecule is CCOC(=O)Nc1cccc(C(=O)N[C@@H](C)c2cnn(C)c2C)c1. The lowest BCUT2D eigenvalue weighted by Gasteiger charge is -2.14. The van der Waals surface area contributed by atoms with Gasteiger partial charge in [-0.3, -0.25) is 14.8 Å². The Kier molecular flexibility index (Phi) is 5.57. The number of anilines is 1. The summed E-state index contributed by atoms with van der Waals surface area (Å²) in [6.07, 6.45) is 1.20. The Hall–Kier alpha value is -2.83. The van der Waals surface area contributed by atoms with Gasteiger partial charge in [0.2, 0.25) is 0 Å². The number of hydrogen-bond donors (Lipinski definition) is 2. The van der Waals surface area contributed by atoms with Crippen LogP contribution in [0.1, 0.15) is 41.5 Å². The van der Waals surface area contributed by atoms with Gasteiger partial charge >= 0.3 is 6.09 Å². The van der Waals surface area contributed by atoms with Crippen molar-refractivity contribution in [2.75, 3.05) is 11.9 Å². The molecule has 0 unspecified atom stereocenters. The summed E-state index contributed by atoms with van der Waals surface area (Å²) >= 11 is 0. The molecule has 0 aliphatic heterocycles. The molecule has 0 spiro atoms. The first-order valence-electron chi connectivity index (χ1n) is 7.75. The van der Waals surface area contributed by atoms with E-state index in [1.807, 2.05) is 20.9 Å². The van der Waals surface area contributed by atoms with Crippen LogP contribution in [-0.2, 0) is 11.8 Å². The van der Waals surface area contributed by atoms with Crippen molar-refractivity contribution in [1.82, 2.24) is 15.1 Å². The van der Waals surface area contributed by atoms with Crippen molar-refractivity contribution in [1.29, 1.82) is 0 Å². The summed E-state index contributed by atoms with van der Waals surface area (Å²) in [5.74, 6) is -0.224. The zero-order valence-electron chi connectivity index (χ0n) is 14.3. The molecule has 0 aliphatic carbocycles. The van der Waals surface area contributed by atoms with Crippen LogP contribution in [0.5, 0.6) is 0 Å². The monoisotopic (exact) mass is 330 g/mol. The number of rotatable bonds is 5. The number of carbonyl (C=O) groups is 2. The molecule has 0 aliphatic rings. The second-order valence-electron chi connectivity index (χ2n) is 5.43. The Bertz CT molecular complexity index is 739. The molecule has 24 heavy (non-hydrogen) atoms. The van der Waals surface area contributed by atoms with Gasteiger partial charge in [0.15, 0.2) is 0 Å². The molecular weight excluding hydrogens is 308 g/mol. The summed E-state index contributed by atoms with van der Waals surface area (Å²) in [5, 5.41) is 9.70. The molecular formula is C17H22N4O3. The lowest BCUT2D eigenvalue weighted by Crippen LogP contribution is -2.27. The minimum Gasteiger partial charge on any atom is -0.450 e. The van der Waals surface area contributed by atoms with Gasteiger partial charge in [-0.25, -0.2) is 4.79 Å². The molecule has 2 N–H and O–H groups in total. The van der Waals surface area contributed by atoms with Crippen LogP contribution >= 0.6 is 0 Å². The predicted molar refractivity (Wildman–Crippen MR) is 90.9 cm³/mol. The van der Waals surface area contributed by atoms with Gasteiger partial charge in [-0.1, -0.05) is 6.07 Å². The normalized spacial score (nSPS) is 11.7. The first-order valence-corrected chi connectivity index (χ1v) is 7.75. The highest BCUT2D eigenvalue weighted by Crippen LogP contribution is 2.17. The highest BCUT2D eigenvalue weighted by atomic mass is 16.5. The summed E-state index contributed by atoms with van der Waals surface area (Å²) in [6, 6.07) is 6.52. The fourth-order valence-corrected chi connectivity index (χ4v) is 2.32. The van der Waals surface area contributed by atoms with E-state index in [2.05, 4.69) is 15.7 Å². The Balaban J connectivity index is 2.07. The van der Waals surface area contributed by atoms with Gasteiger partial charge in [0.05, 0.1) is 18.8 Å². The van der Waals surface area contributed by atoms with Gasteiger partial charge in [-0.05, 0) is 39.0 Å². The lowest BCUT2D eigenvalue weighted by molar-refractivity contribution is 0.0939. The second-order valence-corrected chi connectivity index (χ2v) is 5.43. The molecule has 0 fully saturated rings. The number of ether oxygens (including phenoxy) is 1. The smallest absolute Gasteiger partial charge is 0.411 e. The highest BCUT2D eigenvalue weighted by Gasteiger charge is 2.16. The highest BCUT2D eigenvalue weighted by molar-refractivity contribution is 5.96. The fourth-order valence-electron chi connectivity index (χ4n) is 2.32. The van der Waals surface area contributed by atoms with Crippen LogP contribution in [0.2, 0.25) is 0 Å². The van der Waals surface area contributed by atoms with Crippen LogP contribution in [0.3, 0.4) is 0 Å². The summed E-state index contributed by atoms with van der Waals surface area (Å²) in [6.45, 7) is 5.87. The van der Waals surface area contributed by atoms with Crippen molar-refractivity contribution >= 4 is 17.7 Å². The van der Waals surface area contributed by atoms with Gasteiger partial charge in [0.25, 0.3) is 5.91 Å². The van der Waals surface area contributed by atoms with Crippen molar-refractivity contribution in [3.8, 4) is 0 Å². The summed E-state index contributed by atoms with van der Waals surface area (Å²) in [7, 11) is 1.86. The Morgan fingerprint density at radius 2 is 2.12 bits per heavy atom. The molecule has 2 aromatic rings. The number of aryl methyl sites for hydroxylation is 1. The van der Waals surface area contributed by atoms with E-state index in [0.717, 1.165) is 11.3 Å². The Morgan fingerprint density at radius 1 is 1.38 bits per heavy atom. The van der Waals surface area contributed by atoms with Crippen LogP contribution in [0, 0.1) is 6.92 Å². The average molecular weight is 330 g/mol. The van der Waals surface area contributed by atoms with E-state index >= 15 is 0 Å². The first-order chi connectivity index (χ1) is 11.4. The topological polar surface area (TPSA) is 85.2 Å². The van der Waals surface area contributed by atoms with Gasteiger partial charge < -0.3 is 10.1 Å². The van der Waals surface area contributed by atoms with Crippen LogP contribution in [0.25, 0.3) is 0 Å². The average Bonchev–Trinajstić information content (AvgIpc) is 2.87. The zero-order chi connectivity index (χ0) is 17.7. The molecule has 7 nitrogen and oxygen atoms in total.